The molecule has 2 aliphatic rings. The van der Waals surface area contributed by atoms with Gasteiger partial charge in [0.05, 0.1) is 53.1 Å². The standard InChI is InChI=1S/C26H25Cl2N7O5S.C23H19Cl2N5O5S.C3H10N2O.ClH/c1-14(22(30)36)32-23(37)15(2)33-41(39,40)21-13-31-25-34(20-9-18(27)8-19(28)10-20)24(38)26(3,35(21)25)11-16-4-6-17(12-29)7-5-16;1-13(20(31)32)28-36(34,35)19-12-27-22-29(18-8-16(24)7-17(25)9-18)21(33)23(2,30(19)22)10-14-3-5-15(11-26)6-4-14;1-2(4)3(5)6;/h4-10,13-15,33H,11H2,1-3H3,(H2,30,36)(H,32,37);3-9,12-13,28H,10H2,1-2H3,(H,31,32);2-3,6H,4-5H2,1H3;1H/t14-,15+,26-;13-,23+;2-,3?;/m101./s1. The molecule has 0 bridgehead atoms. The van der Waals surface area contributed by atoms with Gasteiger partial charge >= 0.3 is 5.97 Å². The summed E-state index contributed by atoms with van der Waals surface area (Å²) in [6.07, 6.45) is 1.35. The minimum atomic E-state index is -4.46. The summed E-state index contributed by atoms with van der Waals surface area (Å²) in [6.45, 7) is 8.61. The zero-order chi connectivity index (χ0) is 61.8. The first-order valence-corrected chi connectivity index (χ1v) is 29.0. The van der Waals surface area contributed by atoms with Crippen LogP contribution in [0, 0.1) is 22.7 Å². The van der Waals surface area contributed by atoms with Gasteiger partial charge in [-0.05, 0) is 113 Å². The zero-order valence-corrected chi connectivity index (χ0v) is 50.6. The summed E-state index contributed by atoms with van der Waals surface area (Å²) in [5.41, 5.74) is 14.8. The van der Waals surface area contributed by atoms with Gasteiger partial charge in [-0.15, -0.1) is 12.4 Å². The van der Waals surface area contributed by atoms with Crippen molar-refractivity contribution in [2.24, 2.45) is 17.2 Å². The molecule has 1 unspecified atom stereocenters. The molecule has 4 heterocycles. The fraction of sp³-hybridized carbons (Fsp3) is 0.288. The highest BCUT2D eigenvalue weighted by molar-refractivity contribution is 7.89. The van der Waals surface area contributed by atoms with Crippen molar-refractivity contribution in [2.45, 2.75) is 106 Å². The molecule has 4 aromatic carbocycles. The third-order valence-electron chi connectivity index (χ3n) is 12.9. The summed E-state index contributed by atoms with van der Waals surface area (Å²) in [5.74, 6) is -3.97. The maximum atomic E-state index is 14.1. The third-order valence-corrected chi connectivity index (χ3v) is 16.8. The van der Waals surface area contributed by atoms with Crippen LogP contribution in [0.5, 0.6) is 0 Å². The molecule has 0 radical (unpaired) electrons. The zero-order valence-electron chi connectivity index (χ0n) is 45.2. The number of imidazole rings is 2. The number of hydrogen-bond donors (Lipinski definition) is 8. The lowest BCUT2D eigenvalue weighted by molar-refractivity contribution is -0.138. The number of halogens is 5. The number of benzene rings is 4. The first-order chi connectivity index (χ1) is 38.7. The molecule has 6 aromatic rings. The number of carbonyl (C=O) groups is 5. The minimum Gasteiger partial charge on any atom is -0.480 e. The molecule has 4 amide bonds. The molecule has 25 nitrogen and oxygen atoms in total. The molecule has 2 aromatic heterocycles. The number of nitrogens with one attached hydrogen (secondary N) is 3. The first kappa shape index (κ1) is 67.6. The van der Waals surface area contributed by atoms with Crippen molar-refractivity contribution in [1.29, 1.82) is 10.5 Å². The maximum Gasteiger partial charge on any atom is 0.321 e. The lowest BCUT2D eigenvalue weighted by Gasteiger charge is -2.27. The highest BCUT2D eigenvalue weighted by Gasteiger charge is 2.53. The molecule has 7 atom stereocenters. The molecule has 446 valence electrons. The second-order valence-electron chi connectivity index (χ2n) is 19.5. The topological polar surface area (TPSA) is 398 Å². The number of nitrogens with two attached hydrogens (primary N) is 3. The second kappa shape index (κ2) is 26.8. The predicted octanol–water partition coefficient (Wildman–Crippen LogP) is 4.84. The van der Waals surface area contributed by atoms with Crippen molar-refractivity contribution in [3.8, 4) is 12.1 Å². The van der Waals surface area contributed by atoms with E-state index >= 15 is 0 Å². The Kier molecular flexibility index (Phi) is 21.5. The van der Waals surface area contributed by atoms with Gasteiger partial charge in [-0.1, -0.05) is 70.7 Å². The van der Waals surface area contributed by atoms with Crippen molar-refractivity contribution in [2.75, 3.05) is 9.80 Å². The number of carboxylic acid groups (broad SMARTS) is 1. The van der Waals surface area contributed by atoms with Crippen LogP contribution in [-0.2, 0) is 67.9 Å². The van der Waals surface area contributed by atoms with Crippen LogP contribution in [0.3, 0.4) is 0 Å². The van der Waals surface area contributed by atoms with Crippen molar-refractivity contribution in [3.63, 3.8) is 0 Å². The Morgan fingerprint density at radius 2 is 0.976 bits per heavy atom. The molecular formula is C52H55Cl5N14O11S2. The largest absolute Gasteiger partial charge is 0.480 e. The van der Waals surface area contributed by atoms with Crippen molar-refractivity contribution >= 4 is 132 Å². The number of rotatable bonds is 17. The number of hydrogen-bond acceptors (Lipinski definition) is 16. The number of aliphatic carboxylic acids is 1. The number of carboxylic acids is 1. The van der Waals surface area contributed by atoms with Crippen LogP contribution < -0.4 is 41.8 Å². The maximum absolute atomic E-state index is 14.1. The number of nitrogens with zero attached hydrogens (tertiary/aromatic N) is 8. The summed E-state index contributed by atoms with van der Waals surface area (Å²) >= 11 is 24.7. The highest BCUT2D eigenvalue weighted by Crippen LogP contribution is 2.46. The summed E-state index contributed by atoms with van der Waals surface area (Å²) in [5, 5.41) is 38.3. The minimum absolute atomic E-state index is 0. The van der Waals surface area contributed by atoms with E-state index in [-0.39, 0.29) is 84.7 Å². The number of fused-ring (bicyclic) bond motifs is 2. The molecule has 0 fully saturated rings. The van der Waals surface area contributed by atoms with E-state index in [4.69, 9.17) is 79.2 Å². The molecule has 0 aliphatic carbocycles. The Hall–Kier alpha value is -7.22. The molecule has 8 rings (SSSR count). The average Bonchev–Trinajstić information content (AvgIpc) is 1.59. The van der Waals surface area contributed by atoms with Crippen LogP contribution in [-0.4, -0.2) is 106 Å². The molecule has 0 saturated carbocycles. The Morgan fingerprint density at radius 1 is 0.643 bits per heavy atom. The van der Waals surface area contributed by atoms with Gasteiger partial charge in [0.15, 0.2) is 10.1 Å². The number of nitriles is 2. The Bertz CT molecular complexity index is 3790. The van der Waals surface area contributed by atoms with Crippen molar-refractivity contribution < 1.29 is 51.0 Å². The lowest BCUT2D eigenvalue weighted by Crippen LogP contribution is -2.51. The fourth-order valence-electron chi connectivity index (χ4n) is 8.53. The van der Waals surface area contributed by atoms with Gasteiger partial charge in [-0.25, -0.2) is 36.6 Å². The molecular weight excluding hydrogens is 1240 g/mol. The number of primary amides is 1. The van der Waals surface area contributed by atoms with Crippen LogP contribution >= 0.6 is 58.8 Å². The smallest absolute Gasteiger partial charge is 0.321 e. The average molecular weight is 1290 g/mol. The number of carbonyl (C=O) groups excluding carboxylic acids is 4. The highest BCUT2D eigenvalue weighted by atomic mass is 35.5. The number of amides is 4. The normalized spacial score (nSPS) is 17.9. The van der Waals surface area contributed by atoms with E-state index in [1.807, 2.05) is 12.1 Å². The van der Waals surface area contributed by atoms with Gasteiger partial charge in [0.2, 0.25) is 23.7 Å². The number of sulfonamides is 2. The summed E-state index contributed by atoms with van der Waals surface area (Å²) < 4.78 is 60.6. The quantitative estimate of drug-likeness (QED) is 0.0566. The van der Waals surface area contributed by atoms with E-state index in [9.17, 15) is 45.9 Å². The van der Waals surface area contributed by atoms with E-state index in [0.717, 1.165) is 12.4 Å². The van der Waals surface area contributed by atoms with Gasteiger partial charge in [-0.3, -0.25) is 33.1 Å². The van der Waals surface area contributed by atoms with E-state index < -0.39 is 85.1 Å². The van der Waals surface area contributed by atoms with Crippen LogP contribution in [0.15, 0.2) is 107 Å². The Labute approximate surface area is 508 Å². The predicted molar refractivity (Wildman–Crippen MR) is 314 cm³/mol. The third kappa shape index (κ3) is 14.6. The van der Waals surface area contributed by atoms with E-state index in [1.54, 1.807) is 69.3 Å². The molecule has 32 heteroatoms. The monoisotopic (exact) mass is 1290 g/mol. The van der Waals surface area contributed by atoms with Crippen LogP contribution in [0.25, 0.3) is 0 Å². The van der Waals surface area contributed by atoms with E-state index in [2.05, 4.69) is 24.7 Å². The molecule has 0 spiro atoms. The Balaban J connectivity index is 0.000000279. The number of anilines is 4. The second-order valence-corrected chi connectivity index (χ2v) is 24.6. The van der Waals surface area contributed by atoms with E-state index in [0.29, 0.717) is 22.3 Å². The summed E-state index contributed by atoms with van der Waals surface area (Å²) in [6, 6.07) is 22.0. The van der Waals surface area contributed by atoms with Gasteiger partial charge in [0, 0.05) is 39.0 Å². The van der Waals surface area contributed by atoms with Crippen LogP contribution in [0.2, 0.25) is 20.1 Å². The molecule has 84 heavy (non-hydrogen) atoms. The van der Waals surface area contributed by atoms with Crippen molar-refractivity contribution in [3.05, 3.63) is 140 Å². The van der Waals surface area contributed by atoms with Gasteiger partial charge < -0.3 is 32.7 Å². The van der Waals surface area contributed by atoms with Crippen LogP contribution in [0.1, 0.15) is 63.8 Å². The number of aliphatic hydroxyl groups excluding tert-OH is 1. The first-order valence-electron chi connectivity index (χ1n) is 24.5. The number of aromatic nitrogens is 4. The molecule has 2 aliphatic heterocycles. The Morgan fingerprint density at radius 3 is 1.27 bits per heavy atom. The fourth-order valence-corrected chi connectivity index (χ4v) is 12.4. The van der Waals surface area contributed by atoms with Crippen LogP contribution in [0.4, 0.5) is 23.3 Å². The van der Waals surface area contributed by atoms with Gasteiger partial charge in [0.1, 0.15) is 29.4 Å². The van der Waals surface area contributed by atoms with E-state index in [1.165, 1.54) is 76.1 Å². The summed E-state index contributed by atoms with van der Waals surface area (Å²) in [7, 11) is -8.87. The summed E-state index contributed by atoms with van der Waals surface area (Å²) in [4.78, 5) is 74.1. The van der Waals surface area contributed by atoms with Gasteiger partial charge in [-0.2, -0.15) is 20.0 Å². The lowest BCUT2D eigenvalue weighted by atomic mass is 9.91. The SMILES string of the molecule is C[C@@H](N)C(N)O.C[C@H](NS(=O)(=O)c1cnc2n1[C@](C)(Cc1ccc(C#N)cc1)C(=O)N2c1cc(Cl)cc(Cl)c1)C(=O)N[C@H](C)C(N)=O.C[C@H](NS(=O)(=O)c1cnc2n1[C@](C)(Cc1ccc(C#N)cc1)C(=O)N2c1cc(Cl)cc(Cl)c1)C(=O)O.Cl. The van der Waals surface area contributed by atoms with Crippen molar-refractivity contribution in [1.82, 2.24) is 33.9 Å². The molecule has 11 N–H and O–H groups in total. The molecule has 0 saturated heterocycles. The number of aliphatic hydroxyl groups is 1. The van der Waals surface area contributed by atoms with Gasteiger partial charge in [0.25, 0.3) is 31.9 Å².